The fourth-order valence-electron chi connectivity index (χ4n) is 5.25. The zero-order valence-electron chi connectivity index (χ0n) is 16.5. The van der Waals surface area contributed by atoms with Crippen LogP contribution in [0.5, 0.6) is 11.5 Å². The average Bonchev–Trinajstić information content (AvgIpc) is 3.42. The van der Waals surface area contributed by atoms with Crippen LogP contribution in [0.4, 0.5) is 0 Å². The van der Waals surface area contributed by atoms with Gasteiger partial charge in [-0.2, -0.15) is 0 Å². The lowest BCUT2D eigenvalue weighted by atomic mass is 10.1. The average molecular weight is 406 g/mol. The van der Waals surface area contributed by atoms with Crippen LogP contribution in [0.3, 0.4) is 0 Å². The molecule has 0 N–H and O–H groups in total. The SMILES string of the molecule is O=C(c1ccc2c(c1)OCCO2)N1CC[C@@]23O[C@@H](c4ccccc4)CN2C(=O)C[C@@H]13. The number of amides is 2. The molecule has 0 aliphatic carbocycles. The summed E-state index contributed by atoms with van der Waals surface area (Å²) in [7, 11) is 0. The highest BCUT2D eigenvalue weighted by molar-refractivity contribution is 5.96. The molecule has 0 radical (unpaired) electrons. The summed E-state index contributed by atoms with van der Waals surface area (Å²) in [5.74, 6) is 1.20. The van der Waals surface area contributed by atoms with Gasteiger partial charge in [-0.3, -0.25) is 9.59 Å². The third-order valence-electron chi connectivity index (χ3n) is 6.65. The first-order valence-electron chi connectivity index (χ1n) is 10.4. The zero-order valence-corrected chi connectivity index (χ0v) is 16.5. The van der Waals surface area contributed by atoms with Crippen LogP contribution in [0.1, 0.15) is 34.9 Å². The number of carbonyl (C=O) groups excluding carboxylic acids is 2. The van der Waals surface area contributed by atoms with Crippen LogP contribution in [0.15, 0.2) is 48.5 Å². The van der Waals surface area contributed by atoms with Gasteiger partial charge in [0.05, 0.1) is 19.0 Å². The third kappa shape index (κ3) is 2.48. The summed E-state index contributed by atoms with van der Waals surface area (Å²) in [4.78, 5) is 29.8. The first kappa shape index (κ1) is 17.8. The minimum atomic E-state index is -0.721. The molecule has 154 valence electrons. The van der Waals surface area contributed by atoms with E-state index >= 15 is 0 Å². The number of likely N-dealkylation sites (tertiary alicyclic amines) is 1. The van der Waals surface area contributed by atoms with E-state index in [9.17, 15) is 9.59 Å². The number of carbonyl (C=O) groups is 2. The Kier molecular flexibility index (Phi) is 3.83. The first-order valence-corrected chi connectivity index (χ1v) is 10.4. The standard InChI is InChI=1S/C23H22N2O5/c26-21-13-20-23(25(21)14-19(30-23)15-4-2-1-3-5-15)8-9-24(20)22(27)16-6-7-17-18(12-16)29-11-10-28-17/h1-7,12,19-20H,8-11,13-14H2/t19-,20-,23+/m1/s1. The molecule has 3 fully saturated rings. The Morgan fingerprint density at radius 2 is 1.83 bits per heavy atom. The Morgan fingerprint density at radius 1 is 1.03 bits per heavy atom. The van der Waals surface area contributed by atoms with E-state index in [-0.39, 0.29) is 24.0 Å². The van der Waals surface area contributed by atoms with Crippen molar-refractivity contribution >= 4 is 11.8 Å². The first-order chi connectivity index (χ1) is 14.7. The van der Waals surface area contributed by atoms with Crippen LogP contribution < -0.4 is 9.47 Å². The maximum atomic E-state index is 13.4. The van der Waals surface area contributed by atoms with Gasteiger partial charge in [-0.05, 0) is 23.8 Å². The molecule has 0 bridgehead atoms. The van der Waals surface area contributed by atoms with Crippen LogP contribution in [0.2, 0.25) is 0 Å². The molecule has 0 aromatic heterocycles. The highest BCUT2D eigenvalue weighted by Crippen LogP contribution is 2.51. The van der Waals surface area contributed by atoms with Gasteiger partial charge >= 0.3 is 0 Å². The number of benzene rings is 2. The molecule has 3 atom stereocenters. The molecule has 30 heavy (non-hydrogen) atoms. The number of rotatable bonds is 2. The van der Waals surface area contributed by atoms with Gasteiger partial charge in [0.2, 0.25) is 5.91 Å². The van der Waals surface area contributed by atoms with Crippen molar-refractivity contribution in [2.45, 2.75) is 30.7 Å². The van der Waals surface area contributed by atoms with E-state index in [4.69, 9.17) is 14.2 Å². The summed E-state index contributed by atoms with van der Waals surface area (Å²) >= 11 is 0. The number of fused-ring (bicyclic) bond motifs is 1. The van der Waals surface area contributed by atoms with Gasteiger partial charge in [-0.1, -0.05) is 30.3 Å². The Morgan fingerprint density at radius 3 is 2.67 bits per heavy atom. The van der Waals surface area contributed by atoms with Crippen molar-refractivity contribution in [2.75, 3.05) is 26.3 Å². The molecule has 4 aliphatic heterocycles. The summed E-state index contributed by atoms with van der Waals surface area (Å²) in [5.41, 5.74) is 0.880. The number of ether oxygens (including phenoxy) is 3. The lowest BCUT2D eigenvalue weighted by Gasteiger charge is -2.32. The minimum absolute atomic E-state index is 0.0538. The molecule has 0 saturated carbocycles. The fraction of sp³-hybridized carbons (Fsp3) is 0.391. The van der Waals surface area contributed by atoms with Gasteiger partial charge in [0.15, 0.2) is 17.2 Å². The summed E-state index contributed by atoms with van der Waals surface area (Å²) in [6.45, 7) is 2.07. The molecule has 0 unspecified atom stereocenters. The minimum Gasteiger partial charge on any atom is -0.486 e. The monoisotopic (exact) mass is 406 g/mol. The second kappa shape index (κ2) is 6.47. The molecule has 1 spiro atoms. The zero-order chi connectivity index (χ0) is 20.3. The normalized spacial score (nSPS) is 29.1. The molecule has 2 aromatic rings. The van der Waals surface area contributed by atoms with Crippen LogP contribution in [-0.2, 0) is 9.53 Å². The van der Waals surface area contributed by atoms with Gasteiger partial charge in [0.1, 0.15) is 19.3 Å². The van der Waals surface area contributed by atoms with E-state index in [1.165, 1.54) is 0 Å². The van der Waals surface area contributed by atoms with E-state index in [1.54, 1.807) is 23.1 Å². The van der Waals surface area contributed by atoms with Crippen molar-refractivity contribution in [3.8, 4) is 11.5 Å². The quantitative estimate of drug-likeness (QED) is 0.766. The van der Waals surface area contributed by atoms with Gasteiger partial charge in [0.25, 0.3) is 5.91 Å². The Labute approximate surface area is 174 Å². The van der Waals surface area contributed by atoms with Gasteiger partial charge < -0.3 is 24.0 Å². The molecular weight excluding hydrogens is 384 g/mol. The predicted molar refractivity (Wildman–Crippen MR) is 106 cm³/mol. The van der Waals surface area contributed by atoms with Crippen LogP contribution in [0.25, 0.3) is 0 Å². The van der Waals surface area contributed by atoms with Gasteiger partial charge in [-0.25, -0.2) is 0 Å². The largest absolute Gasteiger partial charge is 0.486 e. The van der Waals surface area contributed by atoms with Crippen LogP contribution >= 0.6 is 0 Å². The molecule has 2 aromatic carbocycles. The van der Waals surface area contributed by atoms with E-state index < -0.39 is 5.72 Å². The Hall–Kier alpha value is -3.06. The number of hydrogen-bond donors (Lipinski definition) is 0. The van der Waals surface area contributed by atoms with E-state index in [0.29, 0.717) is 56.2 Å². The number of nitrogens with zero attached hydrogens (tertiary/aromatic N) is 2. The maximum Gasteiger partial charge on any atom is 0.254 e. The molecule has 3 saturated heterocycles. The number of hydrogen-bond acceptors (Lipinski definition) is 5. The van der Waals surface area contributed by atoms with E-state index in [1.807, 2.05) is 35.2 Å². The maximum absolute atomic E-state index is 13.4. The summed E-state index contributed by atoms with van der Waals surface area (Å²) in [5, 5.41) is 0. The topological polar surface area (TPSA) is 68.3 Å². The van der Waals surface area contributed by atoms with Gasteiger partial charge in [-0.15, -0.1) is 0 Å². The lowest BCUT2D eigenvalue weighted by Crippen LogP contribution is -2.48. The van der Waals surface area contributed by atoms with Crippen molar-refractivity contribution in [1.29, 1.82) is 0 Å². The van der Waals surface area contributed by atoms with Crippen molar-refractivity contribution < 1.29 is 23.8 Å². The molecular formula is C23H22N2O5. The van der Waals surface area contributed by atoms with Crippen molar-refractivity contribution in [1.82, 2.24) is 9.80 Å². The Bertz CT molecular complexity index is 1030. The second-order valence-electron chi connectivity index (χ2n) is 8.19. The summed E-state index contributed by atoms with van der Waals surface area (Å²) < 4.78 is 17.7. The highest BCUT2D eigenvalue weighted by Gasteiger charge is 2.65. The molecule has 6 rings (SSSR count). The van der Waals surface area contributed by atoms with E-state index in [0.717, 1.165) is 5.56 Å². The molecule has 4 aliphatic rings. The van der Waals surface area contributed by atoms with Crippen LogP contribution in [-0.4, -0.2) is 59.7 Å². The third-order valence-corrected chi connectivity index (χ3v) is 6.65. The smallest absolute Gasteiger partial charge is 0.254 e. The van der Waals surface area contributed by atoms with Crippen molar-refractivity contribution in [3.05, 3.63) is 59.7 Å². The van der Waals surface area contributed by atoms with Crippen molar-refractivity contribution in [3.63, 3.8) is 0 Å². The highest BCUT2D eigenvalue weighted by atomic mass is 16.6. The van der Waals surface area contributed by atoms with Crippen molar-refractivity contribution in [2.24, 2.45) is 0 Å². The lowest BCUT2D eigenvalue weighted by molar-refractivity contribution is -0.138. The predicted octanol–water partition coefficient (Wildman–Crippen LogP) is 2.37. The molecule has 4 heterocycles. The Balaban J connectivity index is 1.28. The molecule has 7 nitrogen and oxygen atoms in total. The fourth-order valence-corrected chi connectivity index (χ4v) is 5.25. The summed E-state index contributed by atoms with van der Waals surface area (Å²) in [6.07, 6.45) is 0.767. The second-order valence-corrected chi connectivity index (χ2v) is 8.19. The van der Waals surface area contributed by atoms with Gasteiger partial charge in [0, 0.05) is 18.5 Å². The van der Waals surface area contributed by atoms with Crippen LogP contribution in [0, 0.1) is 0 Å². The van der Waals surface area contributed by atoms with E-state index in [2.05, 4.69) is 0 Å². The molecule has 7 heteroatoms. The summed E-state index contributed by atoms with van der Waals surface area (Å²) in [6, 6.07) is 15.0. The molecule has 2 amide bonds.